The summed E-state index contributed by atoms with van der Waals surface area (Å²) in [5.41, 5.74) is 8.24. The van der Waals surface area contributed by atoms with E-state index in [1.54, 1.807) is 0 Å². The van der Waals surface area contributed by atoms with E-state index in [9.17, 15) is 4.79 Å². The van der Waals surface area contributed by atoms with Crippen molar-refractivity contribution in [3.63, 3.8) is 0 Å². The molecular formula is C14H21N3O. The van der Waals surface area contributed by atoms with E-state index in [-0.39, 0.29) is 11.9 Å². The van der Waals surface area contributed by atoms with Gasteiger partial charge in [0.05, 0.1) is 6.54 Å². The Labute approximate surface area is 108 Å². The number of anilines is 1. The van der Waals surface area contributed by atoms with E-state index in [1.807, 2.05) is 0 Å². The highest BCUT2D eigenvalue weighted by atomic mass is 16.2. The molecule has 1 aromatic carbocycles. The highest BCUT2D eigenvalue weighted by Gasteiger charge is 2.15. The second kappa shape index (κ2) is 5.87. The van der Waals surface area contributed by atoms with Crippen LogP contribution in [0.25, 0.3) is 0 Å². The summed E-state index contributed by atoms with van der Waals surface area (Å²) in [4.78, 5) is 13.6. The standard InChI is InChI=1S/C14H21N3O/c1-2-13(15)11-4-6-12(7-5-11)17-9-3-8-16-14(18)10-17/h4-7,13H,2-3,8-10,15H2,1H3,(H,16,18). The molecule has 1 aliphatic rings. The first kappa shape index (κ1) is 12.9. The first-order chi connectivity index (χ1) is 8.70. The molecule has 1 amide bonds. The molecule has 1 heterocycles. The van der Waals surface area contributed by atoms with Crippen LogP contribution in [0.2, 0.25) is 0 Å². The van der Waals surface area contributed by atoms with Gasteiger partial charge in [-0.3, -0.25) is 4.79 Å². The van der Waals surface area contributed by atoms with Gasteiger partial charge >= 0.3 is 0 Å². The van der Waals surface area contributed by atoms with E-state index >= 15 is 0 Å². The number of hydrogen-bond donors (Lipinski definition) is 2. The van der Waals surface area contributed by atoms with Crippen LogP contribution in [-0.2, 0) is 4.79 Å². The van der Waals surface area contributed by atoms with Gasteiger partial charge < -0.3 is 16.0 Å². The van der Waals surface area contributed by atoms with Gasteiger partial charge in [0.1, 0.15) is 0 Å². The van der Waals surface area contributed by atoms with E-state index in [0.717, 1.165) is 37.2 Å². The molecule has 0 radical (unpaired) electrons. The Kier molecular flexibility index (Phi) is 4.20. The third kappa shape index (κ3) is 3.01. The number of nitrogens with one attached hydrogen (secondary N) is 1. The van der Waals surface area contributed by atoms with Crippen LogP contribution in [-0.4, -0.2) is 25.5 Å². The highest BCUT2D eigenvalue weighted by molar-refractivity contribution is 5.81. The molecule has 0 aliphatic carbocycles. The van der Waals surface area contributed by atoms with E-state index < -0.39 is 0 Å². The number of carbonyl (C=O) groups is 1. The molecule has 0 spiro atoms. The Morgan fingerprint density at radius 2 is 2.11 bits per heavy atom. The number of benzene rings is 1. The fourth-order valence-electron chi connectivity index (χ4n) is 2.19. The lowest BCUT2D eigenvalue weighted by molar-refractivity contribution is -0.119. The summed E-state index contributed by atoms with van der Waals surface area (Å²) in [6.45, 7) is 4.21. The number of rotatable bonds is 3. The van der Waals surface area contributed by atoms with Crippen molar-refractivity contribution in [2.45, 2.75) is 25.8 Å². The maximum Gasteiger partial charge on any atom is 0.239 e. The summed E-state index contributed by atoms with van der Waals surface area (Å²) in [5, 5.41) is 2.88. The van der Waals surface area contributed by atoms with Crippen LogP contribution >= 0.6 is 0 Å². The summed E-state index contributed by atoms with van der Waals surface area (Å²) in [7, 11) is 0. The predicted octanol–water partition coefficient (Wildman–Crippen LogP) is 1.42. The minimum Gasteiger partial charge on any atom is -0.362 e. The number of hydrogen-bond acceptors (Lipinski definition) is 3. The monoisotopic (exact) mass is 247 g/mol. The second-order valence-corrected chi connectivity index (χ2v) is 4.73. The molecule has 0 aromatic heterocycles. The quantitative estimate of drug-likeness (QED) is 0.849. The van der Waals surface area contributed by atoms with Crippen molar-refractivity contribution >= 4 is 11.6 Å². The third-order valence-electron chi connectivity index (χ3n) is 3.39. The summed E-state index contributed by atoms with van der Waals surface area (Å²) >= 11 is 0. The van der Waals surface area contributed by atoms with Gasteiger partial charge in [-0.2, -0.15) is 0 Å². The molecule has 1 fully saturated rings. The zero-order valence-electron chi connectivity index (χ0n) is 10.9. The summed E-state index contributed by atoms with van der Waals surface area (Å²) in [5.74, 6) is 0.0989. The lowest BCUT2D eigenvalue weighted by atomic mass is 10.1. The molecule has 4 heteroatoms. The van der Waals surface area contributed by atoms with Crippen LogP contribution in [0.1, 0.15) is 31.4 Å². The van der Waals surface area contributed by atoms with Crippen LogP contribution < -0.4 is 16.0 Å². The van der Waals surface area contributed by atoms with Gasteiger partial charge in [0.25, 0.3) is 0 Å². The van der Waals surface area contributed by atoms with Crippen LogP contribution in [0.5, 0.6) is 0 Å². The Hall–Kier alpha value is -1.55. The molecule has 18 heavy (non-hydrogen) atoms. The number of carbonyl (C=O) groups excluding carboxylic acids is 1. The lowest BCUT2D eigenvalue weighted by Crippen LogP contribution is -2.33. The minimum absolute atomic E-state index is 0.0989. The van der Waals surface area contributed by atoms with Crippen LogP contribution in [0, 0.1) is 0 Å². The van der Waals surface area contributed by atoms with E-state index in [4.69, 9.17) is 5.73 Å². The molecule has 98 valence electrons. The van der Waals surface area contributed by atoms with Gasteiger partial charge in [0.2, 0.25) is 5.91 Å². The van der Waals surface area contributed by atoms with E-state index in [2.05, 4.69) is 41.4 Å². The molecule has 1 unspecified atom stereocenters. The maximum atomic E-state index is 11.5. The van der Waals surface area contributed by atoms with Gasteiger partial charge in [0, 0.05) is 24.8 Å². The summed E-state index contributed by atoms with van der Waals surface area (Å²) in [6, 6.07) is 8.34. The zero-order valence-corrected chi connectivity index (χ0v) is 10.9. The van der Waals surface area contributed by atoms with Crippen LogP contribution in [0.3, 0.4) is 0 Å². The normalized spacial score (nSPS) is 18.1. The Morgan fingerprint density at radius 3 is 2.78 bits per heavy atom. The molecule has 1 atom stereocenters. The van der Waals surface area contributed by atoms with Crippen molar-refractivity contribution in [1.82, 2.24) is 5.32 Å². The number of amides is 1. The fourth-order valence-corrected chi connectivity index (χ4v) is 2.19. The van der Waals surface area contributed by atoms with Crippen LogP contribution in [0.4, 0.5) is 5.69 Å². The van der Waals surface area contributed by atoms with Gasteiger partial charge in [-0.1, -0.05) is 19.1 Å². The van der Waals surface area contributed by atoms with Crippen molar-refractivity contribution < 1.29 is 4.79 Å². The van der Waals surface area contributed by atoms with Gasteiger partial charge in [-0.05, 0) is 30.5 Å². The van der Waals surface area contributed by atoms with E-state index in [0.29, 0.717) is 6.54 Å². The molecule has 1 saturated heterocycles. The summed E-state index contributed by atoms with van der Waals surface area (Å²) < 4.78 is 0. The maximum absolute atomic E-state index is 11.5. The summed E-state index contributed by atoms with van der Waals surface area (Å²) in [6.07, 6.45) is 1.92. The lowest BCUT2D eigenvalue weighted by Gasteiger charge is -2.22. The minimum atomic E-state index is 0.0989. The van der Waals surface area contributed by atoms with Crippen molar-refractivity contribution in [3.05, 3.63) is 29.8 Å². The molecule has 2 rings (SSSR count). The average molecular weight is 247 g/mol. The SMILES string of the molecule is CCC(N)c1ccc(N2CCCNC(=O)C2)cc1. The van der Waals surface area contributed by atoms with Crippen molar-refractivity contribution in [2.24, 2.45) is 5.73 Å². The Balaban J connectivity index is 2.10. The second-order valence-electron chi connectivity index (χ2n) is 4.73. The molecule has 1 aromatic rings. The Bertz CT molecular complexity index is 402. The Morgan fingerprint density at radius 1 is 1.39 bits per heavy atom. The predicted molar refractivity (Wildman–Crippen MR) is 73.5 cm³/mol. The average Bonchev–Trinajstić information content (AvgIpc) is 2.63. The molecule has 4 nitrogen and oxygen atoms in total. The van der Waals surface area contributed by atoms with Crippen molar-refractivity contribution in [2.75, 3.05) is 24.5 Å². The van der Waals surface area contributed by atoms with E-state index in [1.165, 1.54) is 0 Å². The first-order valence-corrected chi connectivity index (χ1v) is 6.58. The smallest absolute Gasteiger partial charge is 0.239 e. The molecule has 0 bridgehead atoms. The fraction of sp³-hybridized carbons (Fsp3) is 0.500. The molecule has 0 saturated carbocycles. The zero-order chi connectivity index (χ0) is 13.0. The van der Waals surface area contributed by atoms with Gasteiger partial charge in [0.15, 0.2) is 0 Å². The number of nitrogens with zero attached hydrogens (tertiary/aromatic N) is 1. The molecule has 1 aliphatic heterocycles. The number of nitrogens with two attached hydrogens (primary N) is 1. The van der Waals surface area contributed by atoms with Gasteiger partial charge in [-0.15, -0.1) is 0 Å². The van der Waals surface area contributed by atoms with Crippen molar-refractivity contribution in [3.8, 4) is 0 Å². The van der Waals surface area contributed by atoms with Crippen LogP contribution in [0.15, 0.2) is 24.3 Å². The largest absolute Gasteiger partial charge is 0.362 e. The molecular weight excluding hydrogens is 226 g/mol. The molecule has 3 N–H and O–H groups in total. The first-order valence-electron chi connectivity index (χ1n) is 6.58. The van der Waals surface area contributed by atoms with Crippen molar-refractivity contribution in [1.29, 1.82) is 0 Å². The topological polar surface area (TPSA) is 58.4 Å². The highest BCUT2D eigenvalue weighted by Crippen LogP contribution is 2.20. The van der Waals surface area contributed by atoms with Gasteiger partial charge in [-0.25, -0.2) is 0 Å². The third-order valence-corrected chi connectivity index (χ3v) is 3.39.